The van der Waals surface area contributed by atoms with Gasteiger partial charge in [-0.2, -0.15) is 0 Å². The van der Waals surface area contributed by atoms with E-state index in [0.29, 0.717) is 17.9 Å². The molecule has 2 rings (SSSR count). The van der Waals surface area contributed by atoms with Gasteiger partial charge in [0.1, 0.15) is 5.82 Å². The van der Waals surface area contributed by atoms with Crippen LogP contribution < -0.4 is 11.1 Å². The highest BCUT2D eigenvalue weighted by Gasteiger charge is 2.06. The molecule has 0 heterocycles. The Balaban J connectivity index is 2.16. The third-order valence-electron chi connectivity index (χ3n) is 2.52. The molecule has 5 heteroatoms. The summed E-state index contributed by atoms with van der Waals surface area (Å²) in [6.07, 6.45) is 0. The number of nitrogens with two attached hydrogens (primary N) is 1. The van der Waals surface area contributed by atoms with Crippen LogP contribution in [0.1, 0.15) is 5.56 Å². The van der Waals surface area contributed by atoms with Gasteiger partial charge in [0.05, 0.1) is 16.4 Å². The highest BCUT2D eigenvalue weighted by molar-refractivity contribution is 9.10. The van der Waals surface area contributed by atoms with E-state index < -0.39 is 5.82 Å². The fraction of sp³-hybridized carbons (Fsp3) is 0.0769. The molecule has 0 atom stereocenters. The lowest BCUT2D eigenvalue weighted by molar-refractivity contribution is 0.629. The number of rotatable bonds is 3. The van der Waals surface area contributed by atoms with Crippen molar-refractivity contribution >= 4 is 38.9 Å². The summed E-state index contributed by atoms with van der Waals surface area (Å²) in [5.74, 6) is -0.486. The van der Waals surface area contributed by atoms with Gasteiger partial charge in [0, 0.05) is 17.1 Å². The topological polar surface area (TPSA) is 38.0 Å². The Bertz CT molecular complexity index is 575. The number of hydrogen-bond acceptors (Lipinski definition) is 2. The minimum absolute atomic E-state index is 0.0268. The quantitative estimate of drug-likeness (QED) is 0.817. The van der Waals surface area contributed by atoms with Gasteiger partial charge in [0.25, 0.3) is 0 Å². The third-order valence-corrected chi connectivity index (χ3v) is 3.58. The van der Waals surface area contributed by atoms with E-state index >= 15 is 0 Å². The van der Waals surface area contributed by atoms with E-state index in [2.05, 4.69) is 21.2 Å². The average molecular weight is 330 g/mol. The average Bonchev–Trinajstić information content (AvgIpc) is 2.34. The first kappa shape index (κ1) is 13.2. The van der Waals surface area contributed by atoms with Crippen molar-refractivity contribution in [2.75, 3.05) is 11.1 Å². The van der Waals surface area contributed by atoms with Crippen molar-refractivity contribution in [3.05, 3.63) is 57.3 Å². The first-order chi connectivity index (χ1) is 8.58. The molecule has 2 aromatic rings. The van der Waals surface area contributed by atoms with Gasteiger partial charge in [-0.15, -0.1) is 0 Å². The summed E-state index contributed by atoms with van der Waals surface area (Å²) < 4.78 is 14.3. The summed E-state index contributed by atoms with van der Waals surface area (Å²) in [6, 6.07) is 10.5. The monoisotopic (exact) mass is 328 g/mol. The molecule has 0 saturated carbocycles. The van der Waals surface area contributed by atoms with Gasteiger partial charge >= 0.3 is 0 Å². The Morgan fingerprint density at radius 2 is 2.00 bits per heavy atom. The second-order valence-electron chi connectivity index (χ2n) is 3.80. The van der Waals surface area contributed by atoms with Gasteiger partial charge in [-0.1, -0.05) is 45.7 Å². The van der Waals surface area contributed by atoms with Gasteiger partial charge in [-0.25, -0.2) is 4.39 Å². The summed E-state index contributed by atoms with van der Waals surface area (Å²) >= 11 is 9.09. The van der Waals surface area contributed by atoms with Gasteiger partial charge in [0.15, 0.2) is 0 Å². The van der Waals surface area contributed by atoms with E-state index in [0.717, 1.165) is 10.0 Å². The maximum Gasteiger partial charge on any atom is 0.143 e. The van der Waals surface area contributed by atoms with Crippen molar-refractivity contribution in [3.63, 3.8) is 0 Å². The molecule has 0 aliphatic carbocycles. The largest absolute Gasteiger partial charge is 0.397 e. The molecule has 0 fully saturated rings. The van der Waals surface area contributed by atoms with Crippen molar-refractivity contribution in [3.8, 4) is 0 Å². The fourth-order valence-electron chi connectivity index (χ4n) is 1.55. The summed E-state index contributed by atoms with van der Waals surface area (Å²) in [4.78, 5) is 0. The molecule has 0 aliphatic heterocycles. The molecule has 0 bridgehead atoms. The molecule has 0 aromatic heterocycles. The van der Waals surface area contributed by atoms with E-state index in [1.54, 1.807) is 0 Å². The third kappa shape index (κ3) is 2.94. The zero-order chi connectivity index (χ0) is 13.1. The van der Waals surface area contributed by atoms with E-state index in [4.69, 9.17) is 17.3 Å². The number of nitrogens with one attached hydrogen (secondary N) is 1. The standard InChI is InChI=1S/C13H11BrClFN2/c14-9-4-2-1-3-8(9)7-18-13-6-11(16)10(15)5-12(13)17/h1-6,18H,7,17H2. The van der Waals surface area contributed by atoms with Gasteiger partial charge in [-0.05, 0) is 17.7 Å². The molecule has 0 spiro atoms. The molecule has 0 aliphatic rings. The number of benzene rings is 2. The SMILES string of the molecule is Nc1cc(Cl)c(F)cc1NCc1ccccc1Br. The van der Waals surface area contributed by atoms with Crippen molar-refractivity contribution in [2.24, 2.45) is 0 Å². The molecule has 0 unspecified atom stereocenters. The number of halogens is 3. The van der Waals surface area contributed by atoms with Crippen LogP contribution in [0.25, 0.3) is 0 Å². The lowest BCUT2D eigenvalue weighted by Gasteiger charge is -2.11. The van der Waals surface area contributed by atoms with Gasteiger partial charge in [0.2, 0.25) is 0 Å². The van der Waals surface area contributed by atoms with Gasteiger partial charge < -0.3 is 11.1 Å². The smallest absolute Gasteiger partial charge is 0.143 e. The highest BCUT2D eigenvalue weighted by atomic mass is 79.9. The van der Waals surface area contributed by atoms with Crippen LogP contribution in [0.2, 0.25) is 5.02 Å². The highest BCUT2D eigenvalue weighted by Crippen LogP contribution is 2.27. The van der Waals surface area contributed by atoms with Crippen molar-refractivity contribution in [1.82, 2.24) is 0 Å². The second-order valence-corrected chi connectivity index (χ2v) is 5.06. The number of nitrogen functional groups attached to an aromatic ring is 1. The zero-order valence-electron chi connectivity index (χ0n) is 9.38. The molecule has 18 heavy (non-hydrogen) atoms. The lowest BCUT2D eigenvalue weighted by atomic mass is 10.2. The summed E-state index contributed by atoms with van der Waals surface area (Å²) in [5, 5.41) is 3.11. The lowest BCUT2D eigenvalue weighted by Crippen LogP contribution is -2.03. The zero-order valence-corrected chi connectivity index (χ0v) is 11.7. The molecule has 0 radical (unpaired) electrons. The Hall–Kier alpha value is -1.26. The Morgan fingerprint density at radius 1 is 1.28 bits per heavy atom. The van der Waals surface area contributed by atoms with Crippen LogP contribution in [0.5, 0.6) is 0 Å². The van der Waals surface area contributed by atoms with E-state index in [9.17, 15) is 4.39 Å². The fourth-order valence-corrected chi connectivity index (χ4v) is 2.14. The van der Waals surface area contributed by atoms with Crippen molar-refractivity contribution in [1.29, 1.82) is 0 Å². The molecule has 3 N–H and O–H groups in total. The van der Waals surface area contributed by atoms with Crippen LogP contribution in [0.4, 0.5) is 15.8 Å². The molecule has 94 valence electrons. The first-order valence-corrected chi connectivity index (χ1v) is 6.47. The number of anilines is 2. The summed E-state index contributed by atoms with van der Waals surface area (Å²) in [7, 11) is 0. The summed E-state index contributed by atoms with van der Waals surface area (Å²) in [6.45, 7) is 0.548. The van der Waals surface area contributed by atoms with E-state index in [1.165, 1.54) is 12.1 Å². The molecule has 0 amide bonds. The van der Waals surface area contributed by atoms with Crippen LogP contribution in [0.15, 0.2) is 40.9 Å². The summed E-state index contributed by atoms with van der Waals surface area (Å²) in [5.41, 5.74) is 7.79. The van der Waals surface area contributed by atoms with Crippen LogP contribution in [-0.2, 0) is 6.54 Å². The number of hydrogen-bond donors (Lipinski definition) is 2. The first-order valence-electron chi connectivity index (χ1n) is 5.29. The maximum absolute atomic E-state index is 13.3. The van der Waals surface area contributed by atoms with Crippen LogP contribution in [-0.4, -0.2) is 0 Å². The van der Waals surface area contributed by atoms with Crippen LogP contribution in [0, 0.1) is 5.82 Å². The minimum atomic E-state index is -0.486. The second kappa shape index (κ2) is 5.59. The molecule has 2 aromatic carbocycles. The normalized spacial score (nSPS) is 10.4. The molecular weight excluding hydrogens is 319 g/mol. The minimum Gasteiger partial charge on any atom is -0.397 e. The Labute approximate surface area is 118 Å². The molecular formula is C13H11BrClFN2. The van der Waals surface area contributed by atoms with Gasteiger partial charge in [-0.3, -0.25) is 0 Å². The predicted octanol–water partition coefficient (Wildman–Crippen LogP) is 4.44. The Kier molecular flexibility index (Phi) is 4.09. The maximum atomic E-state index is 13.3. The Morgan fingerprint density at radius 3 is 2.72 bits per heavy atom. The van der Waals surface area contributed by atoms with Crippen LogP contribution in [0.3, 0.4) is 0 Å². The van der Waals surface area contributed by atoms with Crippen LogP contribution >= 0.6 is 27.5 Å². The van der Waals surface area contributed by atoms with E-state index in [1.807, 2.05) is 24.3 Å². The van der Waals surface area contributed by atoms with E-state index in [-0.39, 0.29) is 5.02 Å². The predicted molar refractivity (Wildman–Crippen MR) is 77.3 cm³/mol. The molecule has 2 nitrogen and oxygen atoms in total. The van der Waals surface area contributed by atoms with Crippen molar-refractivity contribution in [2.45, 2.75) is 6.54 Å². The van der Waals surface area contributed by atoms with Crippen molar-refractivity contribution < 1.29 is 4.39 Å². The molecule has 0 saturated heterocycles.